The Morgan fingerprint density at radius 2 is 2.04 bits per heavy atom. The molecule has 0 bridgehead atoms. The van der Waals surface area contributed by atoms with Gasteiger partial charge in [0.2, 0.25) is 0 Å². The lowest BCUT2D eigenvalue weighted by molar-refractivity contribution is 0.0926. The quantitative estimate of drug-likeness (QED) is 0.717. The summed E-state index contributed by atoms with van der Waals surface area (Å²) in [6.07, 6.45) is 0.584. The van der Waals surface area contributed by atoms with Crippen LogP contribution >= 0.6 is 22.7 Å². The molecule has 9 heteroatoms. The van der Waals surface area contributed by atoms with E-state index in [2.05, 4.69) is 10.3 Å². The number of aryl methyl sites for hydroxylation is 1. The molecule has 3 aromatic heterocycles. The first-order valence-corrected chi connectivity index (χ1v) is 9.70. The number of nitrogens with one attached hydrogen (secondary N) is 1. The molecule has 1 atom stereocenters. The SMILES string of the molecule is Cc1csc(C(Cc2ccsc2)NC(=O)c2cc(=O)n(C)c(=O)n2C)n1. The van der Waals surface area contributed by atoms with Crippen LogP contribution in [0.4, 0.5) is 0 Å². The molecule has 0 radical (unpaired) electrons. The number of carbonyl (C=O) groups is 1. The molecular formula is C17H18N4O3S2. The average Bonchev–Trinajstić information content (AvgIpc) is 3.27. The Bertz CT molecular complexity index is 1050. The average molecular weight is 390 g/mol. The largest absolute Gasteiger partial charge is 0.341 e. The van der Waals surface area contributed by atoms with Crippen LogP contribution in [-0.2, 0) is 20.5 Å². The number of aromatic nitrogens is 3. The Hall–Kier alpha value is -2.52. The number of rotatable bonds is 5. The van der Waals surface area contributed by atoms with Crippen LogP contribution in [0.5, 0.6) is 0 Å². The third-order valence-corrected chi connectivity index (χ3v) is 5.83. The zero-order valence-electron chi connectivity index (χ0n) is 14.6. The molecule has 26 heavy (non-hydrogen) atoms. The van der Waals surface area contributed by atoms with Crippen molar-refractivity contribution in [2.24, 2.45) is 14.1 Å². The van der Waals surface area contributed by atoms with E-state index in [9.17, 15) is 14.4 Å². The first kappa shape index (κ1) is 18.3. The molecule has 0 aliphatic carbocycles. The highest BCUT2D eigenvalue weighted by molar-refractivity contribution is 7.09. The van der Waals surface area contributed by atoms with E-state index in [1.807, 2.05) is 29.1 Å². The fourth-order valence-corrected chi connectivity index (χ4v) is 4.09. The number of hydrogen-bond donors (Lipinski definition) is 1. The van der Waals surface area contributed by atoms with Crippen LogP contribution in [0.15, 0.2) is 37.9 Å². The van der Waals surface area contributed by atoms with Crippen LogP contribution in [-0.4, -0.2) is 20.0 Å². The lowest BCUT2D eigenvalue weighted by atomic mass is 10.1. The number of hydrogen-bond acceptors (Lipinski definition) is 6. The van der Waals surface area contributed by atoms with Crippen molar-refractivity contribution in [3.63, 3.8) is 0 Å². The molecule has 0 aliphatic heterocycles. The van der Waals surface area contributed by atoms with Crippen LogP contribution < -0.4 is 16.6 Å². The number of nitrogens with zero attached hydrogens (tertiary/aromatic N) is 3. The molecule has 0 saturated carbocycles. The van der Waals surface area contributed by atoms with Crippen molar-refractivity contribution < 1.29 is 4.79 Å². The number of carbonyl (C=O) groups excluding carboxylic acids is 1. The van der Waals surface area contributed by atoms with Gasteiger partial charge in [0.05, 0.1) is 6.04 Å². The Morgan fingerprint density at radius 3 is 2.65 bits per heavy atom. The third kappa shape index (κ3) is 3.68. The standard InChI is InChI=1S/C17H18N4O3S2/c1-10-8-26-16(18-10)12(6-11-4-5-25-9-11)19-15(23)13-7-14(22)21(3)17(24)20(13)2/h4-5,7-9,12H,6H2,1-3H3,(H,19,23). The summed E-state index contributed by atoms with van der Waals surface area (Å²) in [5.74, 6) is -0.476. The van der Waals surface area contributed by atoms with Crippen molar-refractivity contribution in [1.29, 1.82) is 0 Å². The Morgan fingerprint density at radius 1 is 1.27 bits per heavy atom. The van der Waals surface area contributed by atoms with E-state index in [0.29, 0.717) is 6.42 Å². The topological polar surface area (TPSA) is 86.0 Å². The molecule has 1 amide bonds. The molecule has 3 rings (SSSR count). The highest BCUT2D eigenvalue weighted by Crippen LogP contribution is 2.23. The van der Waals surface area contributed by atoms with Crippen LogP contribution in [0.3, 0.4) is 0 Å². The van der Waals surface area contributed by atoms with Gasteiger partial charge in [0.25, 0.3) is 11.5 Å². The van der Waals surface area contributed by atoms with Crippen LogP contribution in [0.1, 0.15) is 32.8 Å². The van der Waals surface area contributed by atoms with Crippen LogP contribution in [0.25, 0.3) is 0 Å². The van der Waals surface area contributed by atoms with Crippen molar-refractivity contribution in [3.8, 4) is 0 Å². The number of amides is 1. The van der Waals surface area contributed by atoms with Gasteiger partial charge < -0.3 is 5.32 Å². The molecule has 0 saturated heterocycles. The maximum absolute atomic E-state index is 12.8. The maximum Gasteiger partial charge on any atom is 0.331 e. The Kier molecular flexibility index (Phi) is 5.19. The first-order valence-electron chi connectivity index (χ1n) is 7.88. The molecule has 0 spiro atoms. The van der Waals surface area contributed by atoms with Crippen molar-refractivity contribution in [3.05, 3.63) is 71.1 Å². The van der Waals surface area contributed by atoms with Crippen molar-refractivity contribution >= 4 is 28.6 Å². The van der Waals surface area contributed by atoms with Crippen LogP contribution in [0.2, 0.25) is 0 Å². The lowest BCUT2D eigenvalue weighted by Crippen LogP contribution is -2.42. The minimum atomic E-state index is -0.540. The molecule has 3 aromatic rings. The van der Waals surface area contributed by atoms with Gasteiger partial charge in [-0.15, -0.1) is 11.3 Å². The van der Waals surface area contributed by atoms with Gasteiger partial charge >= 0.3 is 5.69 Å². The monoisotopic (exact) mass is 390 g/mol. The number of thiophene rings is 1. The fraction of sp³-hybridized carbons (Fsp3) is 0.294. The van der Waals surface area contributed by atoms with Gasteiger partial charge in [-0.25, -0.2) is 9.78 Å². The van der Waals surface area contributed by atoms with Gasteiger partial charge in [-0.2, -0.15) is 11.3 Å². The van der Waals surface area contributed by atoms with Gasteiger partial charge in [-0.1, -0.05) is 0 Å². The molecule has 0 aromatic carbocycles. The molecule has 0 aliphatic rings. The normalized spacial score (nSPS) is 12.1. The summed E-state index contributed by atoms with van der Waals surface area (Å²) in [6, 6.07) is 2.83. The zero-order chi connectivity index (χ0) is 18.8. The van der Waals surface area contributed by atoms with Crippen molar-refractivity contribution in [1.82, 2.24) is 19.4 Å². The minimum absolute atomic E-state index is 0.0293. The third-order valence-electron chi connectivity index (χ3n) is 4.02. The number of thiazole rings is 1. The first-order chi connectivity index (χ1) is 12.4. The zero-order valence-corrected chi connectivity index (χ0v) is 16.2. The molecule has 136 valence electrons. The summed E-state index contributed by atoms with van der Waals surface area (Å²) < 4.78 is 2.13. The van der Waals surface area contributed by atoms with E-state index in [0.717, 1.165) is 20.8 Å². The predicted molar refractivity (Wildman–Crippen MR) is 102 cm³/mol. The van der Waals surface area contributed by atoms with E-state index >= 15 is 0 Å². The predicted octanol–water partition coefficient (Wildman–Crippen LogP) is 1.62. The second-order valence-electron chi connectivity index (χ2n) is 5.96. The maximum atomic E-state index is 12.8. The van der Waals surface area contributed by atoms with Crippen LogP contribution in [0, 0.1) is 6.92 Å². The van der Waals surface area contributed by atoms with E-state index in [4.69, 9.17) is 0 Å². The summed E-state index contributed by atoms with van der Waals surface area (Å²) in [6.45, 7) is 1.90. The van der Waals surface area contributed by atoms with Gasteiger partial charge in [-0.05, 0) is 29.3 Å². The van der Waals surface area contributed by atoms with Crippen molar-refractivity contribution in [2.45, 2.75) is 19.4 Å². The highest BCUT2D eigenvalue weighted by atomic mass is 32.1. The summed E-state index contributed by atoms with van der Waals surface area (Å²) in [4.78, 5) is 41.2. The van der Waals surface area contributed by atoms with Gasteiger partial charge in [0.1, 0.15) is 10.7 Å². The second kappa shape index (κ2) is 7.38. The smallest absolute Gasteiger partial charge is 0.331 e. The van der Waals surface area contributed by atoms with E-state index in [1.54, 1.807) is 11.3 Å². The summed E-state index contributed by atoms with van der Waals surface area (Å²) in [7, 11) is 2.85. The molecule has 1 unspecified atom stereocenters. The molecule has 0 fully saturated rings. The summed E-state index contributed by atoms with van der Waals surface area (Å²) in [5.41, 5.74) is 0.947. The fourth-order valence-electron chi connectivity index (χ4n) is 2.56. The van der Waals surface area contributed by atoms with Crippen molar-refractivity contribution in [2.75, 3.05) is 0 Å². The van der Waals surface area contributed by atoms with E-state index in [1.165, 1.54) is 36.1 Å². The lowest BCUT2D eigenvalue weighted by Gasteiger charge is -2.17. The molecule has 1 N–H and O–H groups in total. The summed E-state index contributed by atoms with van der Waals surface area (Å²) >= 11 is 3.06. The molecular weight excluding hydrogens is 372 g/mol. The van der Waals surface area contributed by atoms with Gasteiger partial charge in [-0.3, -0.25) is 18.7 Å². The summed E-state index contributed by atoms with van der Waals surface area (Å²) in [5, 5.41) is 9.64. The van der Waals surface area contributed by atoms with E-state index < -0.39 is 17.2 Å². The van der Waals surface area contributed by atoms with E-state index in [-0.39, 0.29) is 11.7 Å². The second-order valence-corrected chi connectivity index (χ2v) is 7.63. The van der Waals surface area contributed by atoms with Gasteiger partial charge in [0, 0.05) is 37.7 Å². The van der Waals surface area contributed by atoms with Gasteiger partial charge in [0.15, 0.2) is 0 Å². The highest BCUT2D eigenvalue weighted by Gasteiger charge is 2.22. The Labute approximate surface area is 157 Å². The molecule has 3 heterocycles. The Balaban J connectivity index is 1.93. The minimum Gasteiger partial charge on any atom is -0.341 e. The molecule has 7 nitrogen and oxygen atoms in total.